The lowest BCUT2D eigenvalue weighted by atomic mass is 10.1. The van der Waals surface area contributed by atoms with Crippen molar-refractivity contribution in [3.05, 3.63) is 64.6 Å². The van der Waals surface area contributed by atoms with Crippen LogP contribution in [0.3, 0.4) is 0 Å². The molecule has 1 unspecified atom stereocenters. The quantitative estimate of drug-likeness (QED) is 0.628. The maximum atomic E-state index is 12.1. The Balaban J connectivity index is 1.91. The summed E-state index contributed by atoms with van der Waals surface area (Å²) in [6.45, 7) is 0.152. The minimum atomic E-state index is -3.59. The number of rotatable bonds is 8. The molecule has 0 aliphatic rings. The molecule has 0 aliphatic carbocycles. The summed E-state index contributed by atoms with van der Waals surface area (Å²) in [6, 6.07) is 15.2. The summed E-state index contributed by atoms with van der Waals surface area (Å²) in [6.07, 6.45) is 0. The Hall–Kier alpha value is -1.35. The van der Waals surface area contributed by atoms with Gasteiger partial charge in [0.2, 0.25) is 10.0 Å². The van der Waals surface area contributed by atoms with E-state index in [9.17, 15) is 18.3 Å². The van der Waals surface area contributed by atoms with E-state index in [0.29, 0.717) is 11.3 Å². The van der Waals surface area contributed by atoms with Crippen LogP contribution >= 0.6 is 27.7 Å². The number of halogens is 1. The van der Waals surface area contributed by atoms with Crippen LogP contribution < -0.4 is 4.72 Å². The molecule has 0 spiro atoms. The number of thioether (sulfide) groups is 1. The van der Waals surface area contributed by atoms with E-state index in [4.69, 9.17) is 0 Å². The summed E-state index contributed by atoms with van der Waals surface area (Å²) in [4.78, 5) is 11.6. The first-order chi connectivity index (χ1) is 11.4. The van der Waals surface area contributed by atoms with E-state index in [1.165, 1.54) is 23.9 Å². The highest BCUT2D eigenvalue weighted by Gasteiger charge is 2.20. The standard InChI is InChI=1S/C16H16BrNO4S2/c17-13-6-8-14(9-7-13)24(21,22)18-10-11-23-15(16(19)20)12-4-2-1-3-5-12/h1-9,15,18H,10-11H2,(H,19,20). The number of aliphatic carboxylic acids is 1. The van der Waals surface area contributed by atoms with Gasteiger partial charge in [-0.1, -0.05) is 46.3 Å². The Morgan fingerprint density at radius 1 is 1.12 bits per heavy atom. The number of hydrogen-bond acceptors (Lipinski definition) is 4. The molecule has 0 fully saturated rings. The zero-order valence-corrected chi connectivity index (χ0v) is 15.8. The molecule has 0 aliphatic heterocycles. The molecular weight excluding hydrogens is 414 g/mol. The molecule has 0 amide bonds. The molecule has 0 saturated heterocycles. The first kappa shape index (κ1) is 19.0. The van der Waals surface area contributed by atoms with Crippen molar-refractivity contribution in [3.63, 3.8) is 0 Å². The van der Waals surface area contributed by atoms with Crippen molar-refractivity contribution >= 4 is 43.7 Å². The number of carboxylic acid groups (broad SMARTS) is 1. The molecule has 2 rings (SSSR count). The van der Waals surface area contributed by atoms with Crippen molar-refractivity contribution in [2.75, 3.05) is 12.3 Å². The van der Waals surface area contributed by atoms with Gasteiger partial charge >= 0.3 is 5.97 Å². The summed E-state index contributed by atoms with van der Waals surface area (Å²) < 4.78 is 27.6. The van der Waals surface area contributed by atoms with E-state index in [1.54, 1.807) is 36.4 Å². The van der Waals surface area contributed by atoms with Crippen LogP contribution in [0.4, 0.5) is 0 Å². The van der Waals surface area contributed by atoms with Crippen LogP contribution in [0, 0.1) is 0 Å². The second-order valence-corrected chi connectivity index (χ2v) is 8.75. The zero-order valence-electron chi connectivity index (χ0n) is 12.6. The summed E-state index contributed by atoms with van der Waals surface area (Å²) in [5.74, 6) is -0.594. The van der Waals surface area contributed by atoms with Gasteiger partial charge < -0.3 is 5.11 Å². The summed E-state index contributed by atoms with van der Waals surface area (Å²) >= 11 is 4.44. The number of carbonyl (C=O) groups is 1. The predicted molar refractivity (Wildman–Crippen MR) is 98.6 cm³/mol. The number of benzene rings is 2. The summed E-state index contributed by atoms with van der Waals surface area (Å²) in [5, 5.41) is 8.61. The third-order valence-electron chi connectivity index (χ3n) is 3.13. The lowest BCUT2D eigenvalue weighted by Crippen LogP contribution is -2.26. The van der Waals surface area contributed by atoms with Crippen molar-refractivity contribution in [2.45, 2.75) is 10.1 Å². The summed E-state index contributed by atoms with van der Waals surface area (Å²) in [7, 11) is -3.59. The molecule has 0 heterocycles. The number of sulfonamides is 1. The van der Waals surface area contributed by atoms with Gasteiger partial charge in [0.15, 0.2) is 0 Å². The van der Waals surface area contributed by atoms with Gasteiger partial charge in [0.1, 0.15) is 5.25 Å². The number of nitrogens with one attached hydrogen (secondary N) is 1. The molecule has 2 aromatic carbocycles. The molecule has 2 aromatic rings. The van der Waals surface area contributed by atoms with Gasteiger partial charge in [-0.2, -0.15) is 0 Å². The fraction of sp³-hybridized carbons (Fsp3) is 0.188. The first-order valence-corrected chi connectivity index (χ1v) is 10.4. The molecule has 2 N–H and O–H groups in total. The van der Waals surface area contributed by atoms with Gasteiger partial charge in [-0.05, 0) is 29.8 Å². The van der Waals surface area contributed by atoms with Gasteiger partial charge in [-0.25, -0.2) is 13.1 Å². The molecular formula is C16H16BrNO4S2. The normalized spacial score (nSPS) is 12.7. The fourth-order valence-corrected chi connectivity index (χ4v) is 4.36. The van der Waals surface area contributed by atoms with Crippen LogP contribution in [0.5, 0.6) is 0 Å². The number of carboxylic acids is 1. The third kappa shape index (κ3) is 5.34. The molecule has 0 radical (unpaired) electrons. The van der Waals surface area contributed by atoms with Gasteiger partial charge in [0, 0.05) is 16.8 Å². The highest BCUT2D eigenvalue weighted by Crippen LogP contribution is 2.28. The van der Waals surface area contributed by atoms with E-state index in [2.05, 4.69) is 20.7 Å². The summed E-state index contributed by atoms with van der Waals surface area (Å²) in [5.41, 5.74) is 0.686. The maximum Gasteiger partial charge on any atom is 0.321 e. The van der Waals surface area contributed by atoms with E-state index in [-0.39, 0.29) is 11.4 Å². The van der Waals surface area contributed by atoms with Gasteiger partial charge in [-0.15, -0.1) is 11.8 Å². The SMILES string of the molecule is O=C(O)C(SCCNS(=O)(=O)c1ccc(Br)cc1)c1ccccc1. The van der Waals surface area contributed by atoms with E-state index < -0.39 is 21.2 Å². The van der Waals surface area contributed by atoms with Crippen LogP contribution in [-0.4, -0.2) is 31.8 Å². The maximum absolute atomic E-state index is 12.1. The predicted octanol–water partition coefficient (Wildman–Crippen LogP) is 3.29. The Morgan fingerprint density at radius 2 is 1.75 bits per heavy atom. The average Bonchev–Trinajstić information content (AvgIpc) is 2.55. The van der Waals surface area contributed by atoms with Crippen molar-refractivity contribution in [3.8, 4) is 0 Å². The monoisotopic (exact) mass is 429 g/mol. The van der Waals surface area contributed by atoms with Crippen LogP contribution in [0.2, 0.25) is 0 Å². The third-order valence-corrected chi connectivity index (χ3v) is 6.38. The van der Waals surface area contributed by atoms with Crippen LogP contribution in [0.1, 0.15) is 10.8 Å². The van der Waals surface area contributed by atoms with Crippen molar-refractivity contribution in [1.82, 2.24) is 4.72 Å². The van der Waals surface area contributed by atoms with Gasteiger partial charge in [-0.3, -0.25) is 4.79 Å². The minimum absolute atomic E-state index is 0.152. The Kier molecular flexibility index (Phi) is 6.85. The van der Waals surface area contributed by atoms with E-state index >= 15 is 0 Å². The van der Waals surface area contributed by atoms with Crippen LogP contribution in [0.25, 0.3) is 0 Å². The molecule has 0 bridgehead atoms. The second kappa shape index (κ2) is 8.66. The Morgan fingerprint density at radius 3 is 2.33 bits per heavy atom. The van der Waals surface area contributed by atoms with Crippen molar-refractivity contribution < 1.29 is 18.3 Å². The Bertz CT molecular complexity index is 779. The zero-order chi connectivity index (χ0) is 17.6. The molecule has 24 heavy (non-hydrogen) atoms. The van der Waals surface area contributed by atoms with Crippen molar-refractivity contribution in [1.29, 1.82) is 0 Å². The highest BCUT2D eigenvalue weighted by atomic mass is 79.9. The van der Waals surface area contributed by atoms with Gasteiger partial charge in [0.25, 0.3) is 0 Å². The fourth-order valence-electron chi connectivity index (χ4n) is 1.99. The molecule has 128 valence electrons. The highest BCUT2D eigenvalue weighted by molar-refractivity contribution is 9.10. The molecule has 0 aromatic heterocycles. The van der Waals surface area contributed by atoms with E-state index in [1.807, 2.05) is 6.07 Å². The lowest BCUT2D eigenvalue weighted by Gasteiger charge is -2.13. The van der Waals surface area contributed by atoms with Crippen LogP contribution in [-0.2, 0) is 14.8 Å². The molecule has 5 nitrogen and oxygen atoms in total. The molecule has 1 atom stereocenters. The van der Waals surface area contributed by atoms with Crippen LogP contribution in [0.15, 0.2) is 64.0 Å². The van der Waals surface area contributed by atoms with Crippen molar-refractivity contribution in [2.24, 2.45) is 0 Å². The number of hydrogen-bond donors (Lipinski definition) is 2. The Labute approximate surface area is 153 Å². The minimum Gasteiger partial charge on any atom is -0.480 e. The topological polar surface area (TPSA) is 83.5 Å². The largest absolute Gasteiger partial charge is 0.480 e. The van der Waals surface area contributed by atoms with Gasteiger partial charge in [0.05, 0.1) is 4.90 Å². The molecule has 8 heteroatoms. The first-order valence-electron chi connectivity index (χ1n) is 7.05. The van der Waals surface area contributed by atoms with E-state index in [0.717, 1.165) is 4.47 Å². The molecule has 0 saturated carbocycles. The second-order valence-electron chi connectivity index (χ2n) is 4.85. The smallest absolute Gasteiger partial charge is 0.321 e. The average molecular weight is 430 g/mol. The lowest BCUT2D eigenvalue weighted by molar-refractivity contribution is -0.136.